The van der Waals surface area contributed by atoms with Crippen LogP contribution in [0.4, 0.5) is 22.0 Å². The molecule has 2 aliphatic heterocycles. The van der Waals surface area contributed by atoms with Crippen molar-refractivity contribution >= 4 is 11.8 Å². The first-order chi connectivity index (χ1) is 18.9. The first kappa shape index (κ1) is 28.1. The van der Waals surface area contributed by atoms with E-state index in [0.29, 0.717) is 51.1 Å². The van der Waals surface area contributed by atoms with E-state index < -0.39 is 34.7 Å². The number of likely N-dealkylation sites (tertiary alicyclic amines) is 2. The molecule has 10 heteroatoms. The predicted molar refractivity (Wildman–Crippen MR) is 136 cm³/mol. The SMILES string of the molecule is CC(F)(c1ccc2c(c1)CC[C@H]1N(C(=O)[C@@H]3CCC(=O)N3CCC#N)CC[C@@]21Cc1ccc(F)cc1)C(F)(F)F. The Morgan fingerprint density at radius 1 is 1.10 bits per heavy atom. The molecular formula is C30H30F5N3O2. The molecule has 3 aliphatic rings. The van der Waals surface area contributed by atoms with Crippen LogP contribution >= 0.6 is 0 Å². The standard InChI is InChI=1S/C30H30F5N3O2/c1-28(32,30(33,34)35)21-6-9-23-20(17-21)5-11-25-29(23,18-19-3-7-22(31)8-4-19)13-16-38(25)27(40)24-10-12-26(39)37(24)15-2-14-36/h3-4,6-9,17,24-25H,2,5,10-13,15-16,18H2,1H3/t24-,25+,28?,29+/m0/s1. The second kappa shape index (κ2) is 10.2. The fourth-order valence-electron chi connectivity index (χ4n) is 6.89. The Labute approximate surface area is 229 Å². The zero-order valence-corrected chi connectivity index (χ0v) is 22.1. The van der Waals surface area contributed by atoms with E-state index in [-0.39, 0.29) is 37.2 Å². The molecule has 5 nitrogen and oxygen atoms in total. The minimum Gasteiger partial charge on any atom is -0.337 e. The summed E-state index contributed by atoms with van der Waals surface area (Å²) in [5, 5.41) is 9.01. The summed E-state index contributed by atoms with van der Waals surface area (Å²) in [6.07, 6.45) is -2.61. The molecule has 2 saturated heterocycles. The molecule has 0 bridgehead atoms. The average molecular weight is 560 g/mol. The van der Waals surface area contributed by atoms with Gasteiger partial charge in [-0.3, -0.25) is 9.59 Å². The van der Waals surface area contributed by atoms with Crippen LogP contribution in [0.2, 0.25) is 0 Å². The van der Waals surface area contributed by atoms with Crippen LogP contribution in [0.3, 0.4) is 0 Å². The Morgan fingerprint density at radius 2 is 1.82 bits per heavy atom. The van der Waals surface area contributed by atoms with Crippen molar-refractivity contribution in [3.63, 3.8) is 0 Å². The maximum atomic E-state index is 14.9. The molecule has 2 aromatic carbocycles. The number of rotatable bonds is 6. The highest BCUT2D eigenvalue weighted by Gasteiger charge is 2.56. The van der Waals surface area contributed by atoms with Crippen LogP contribution in [0.15, 0.2) is 42.5 Å². The number of halogens is 5. The first-order valence-electron chi connectivity index (χ1n) is 13.5. The highest BCUT2D eigenvalue weighted by molar-refractivity contribution is 5.91. The van der Waals surface area contributed by atoms with E-state index in [9.17, 15) is 31.5 Å². The highest BCUT2D eigenvalue weighted by atomic mass is 19.4. The third-order valence-electron chi connectivity index (χ3n) is 9.01. The van der Waals surface area contributed by atoms with Gasteiger partial charge < -0.3 is 9.80 Å². The van der Waals surface area contributed by atoms with Gasteiger partial charge in [0.05, 0.1) is 12.5 Å². The van der Waals surface area contributed by atoms with Crippen LogP contribution in [0, 0.1) is 17.1 Å². The van der Waals surface area contributed by atoms with Gasteiger partial charge in [0, 0.05) is 31.0 Å². The molecule has 0 saturated carbocycles. The summed E-state index contributed by atoms with van der Waals surface area (Å²) in [5.41, 5.74) is -2.45. The van der Waals surface area contributed by atoms with E-state index in [2.05, 4.69) is 0 Å². The number of hydrogen-bond acceptors (Lipinski definition) is 3. The fraction of sp³-hybridized carbons (Fsp3) is 0.500. The minimum atomic E-state index is -5.07. The number of nitrogens with zero attached hydrogens (tertiary/aromatic N) is 3. The summed E-state index contributed by atoms with van der Waals surface area (Å²) >= 11 is 0. The molecule has 2 amide bonds. The monoisotopic (exact) mass is 559 g/mol. The Balaban J connectivity index is 1.53. The summed E-state index contributed by atoms with van der Waals surface area (Å²) in [4.78, 5) is 29.6. The van der Waals surface area contributed by atoms with Crippen molar-refractivity contribution in [2.24, 2.45) is 0 Å². The number of nitriles is 1. The molecule has 0 N–H and O–H groups in total. The van der Waals surface area contributed by atoms with Gasteiger partial charge in [-0.25, -0.2) is 8.78 Å². The molecule has 2 fully saturated rings. The van der Waals surface area contributed by atoms with E-state index in [1.54, 1.807) is 23.1 Å². The summed E-state index contributed by atoms with van der Waals surface area (Å²) in [6.45, 7) is 1.08. The highest BCUT2D eigenvalue weighted by Crippen LogP contribution is 2.51. The van der Waals surface area contributed by atoms with E-state index in [4.69, 9.17) is 5.26 Å². The van der Waals surface area contributed by atoms with Crippen molar-refractivity contribution in [2.45, 2.75) is 81.2 Å². The lowest BCUT2D eigenvalue weighted by molar-refractivity contribution is -0.228. The quantitative estimate of drug-likeness (QED) is 0.439. The number of carbonyl (C=O) groups is 2. The molecule has 0 aromatic heterocycles. The molecule has 2 heterocycles. The summed E-state index contributed by atoms with van der Waals surface area (Å²) in [6, 6.07) is 11.1. The smallest absolute Gasteiger partial charge is 0.337 e. The second-order valence-corrected chi connectivity index (χ2v) is 11.2. The van der Waals surface area contributed by atoms with Gasteiger partial charge in [-0.1, -0.05) is 30.3 Å². The number of carbonyl (C=O) groups excluding carboxylic acids is 2. The number of alkyl halides is 4. The van der Waals surface area contributed by atoms with Crippen LogP contribution in [-0.4, -0.2) is 53.0 Å². The van der Waals surface area contributed by atoms with Gasteiger partial charge in [0.1, 0.15) is 11.9 Å². The van der Waals surface area contributed by atoms with Crippen LogP contribution < -0.4 is 0 Å². The van der Waals surface area contributed by atoms with Crippen molar-refractivity contribution in [2.75, 3.05) is 13.1 Å². The largest absolute Gasteiger partial charge is 0.426 e. The van der Waals surface area contributed by atoms with Crippen LogP contribution in [0.25, 0.3) is 0 Å². The average Bonchev–Trinajstić information content (AvgIpc) is 3.48. The third kappa shape index (κ3) is 4.63. The van der Waals surface area contributed by atoms with Crippen molar-refractivity contribution < 1.29 is 31.5 Å². The lowest BCUT2D eigenvalue weighted by Gasteiger charge is -2.44. The normalized spacial score (nSPS) is 25.8. The second-order valence-electron chi connectivity index (χ2n) is 11.2. The number of aryl methyl sites for hydroxylation is 1. The van der Waals surface area contributed by atoms with Gasteiger partial charge in [0.15, 0.2) is 0 Å². The Hall–Kier alpha value is -3.48. The molecule has 0 radical (unpaired) electrons. The summed E-state index contributed by atoms with van der Waals surface area (Å²) in [5.74, 6) is -0.749. The molecule has 2 aromatic rings. The van der Waals surface area contributed by atoms with Gasteiger partial charge in [-0.15, -0.1) is 0 Å². The van der Waals surface area contributed by atoms with Gasteiger partial charge in [0.2, 0.25) is 17.5 Å². The molecule has 1 unspecified atom stereocenters. The van der Waals surface area contributed by atoms with Gasteiger partial charge in [0.25, 0.3) is 0 Å². The predicted octanol–water partition coefficient (Wildman–Crippen LogP) is 5.50. The topological polar surface area (TPSA) is 64.4 Å². The maximum absolute atomic E-state index is 14.9. The first-order valence-corrected chi connectivity index (χ1v) is 13.5. The molecule has 40 heavy (non-hydrogen) atoms. The van der Waals surface area contributed by atoms with E-state index >= 15 is 0 Å². The van der Waals surface area contributed by atoms with E-state index in [0.717, 1.165) is 11.1 Å². The molecule has 4 atom stereocenters. The zero-order valence-electron chi connectivity index (χ0n) is 22.1. The summed E-state index contributed by atoms with van der Waals surface area (Å²) in [7, 11) is 0. The van der Waals surface area contributed by atoms with E-state index in [1.165, 1.54) is 29.2 Å². The zero-order chi connectivity index (χ0) is 28.9. The Kier molecular flexibility index (Phi) is 7.13. The molecule has 0 spiro atoms. The molecule has 5 rings (SSSR count). The number of fused-ring (bicyclic) bond motifs is 3. The molecular weight excluding hydrogens is 529 g/mol. The lowest BCUT2D eigenvalue weighted by atomic mass is 9.63. The van der Waals surface area contributed by atoms with E-state index in [1.807, 2.05) is 6.07 Å². The van der Waals surface area contributed by atoms with Crippen molar-refractivity contribution in [3.05, 3.63) is 70.5 Å². The van der Waals surface area contributed by atoms with Gasteiger partial charge >= 0.3 is 6.18 Å². The van der Waals surface area contributed by atoms with Crippen molar-refractivity contribution in [3.8, 4) is 6.07 Å². The van der Waals surface area contributed by atoms with Crippen LogP contribution in [-0.2, 0) is 33.5 Å². The Bertz CT molecular complexity index is 1350. The van der Waals surface area contributed by atoms with Crippen LogP contribution in [0.5, 0.6) is 0 Å². The number of hydrogen-bond donors (Lipinski definition) is 0. The molecule has 1 aliphatic carbocycles. The summed E-state index contributed by atoms with van der Waals surface area (Å²) < 4.78 is 69.0. The van der Waals surface area contributed by atoms with Crippen LogP contribution in [0.1, 0.15) is 61.3 Å². The lowest BCUT2D eigenvalue weighted by Crippen LogP contribution is -2.53. The van der Waals surface area contributed by atoms with Crippen molar-refractivity contribution in [1.29, 1.82) is 5.26 Å². The number of benzene rings is 2. The Morgan fingerprint density at radius 3 is 2.50 bits per heavy atom. The molecule has 212 valence electrons. The van der Waals surface area contributed by atoms with Gasteiger partial charge in [-0.2, -0.15) is 18.4 Å². The third-order valence-corrected chi connectivity index (χ3v) is 9.01. The fourth-order valence-corrected chi connectivity index (χ4v) is 6.89. The van der Waals surface area contributed by atoms with Crippen molar-refractivity contribution in [1.82, 2.24) is 9.80 Å². The number of amides is 2. The van der Waals surface area contributed by atoms with Gasteiger partial charge in [-0.05, 0) is 73.4 Å². The maximum Gasteiger partial charge on any atom is 0.426 e. The minimum absolute atomic E-state index is 0.120.